The number of hydrogen-bond acceptors (Lipinski definition) is 3. The summed E-state index contributed by atoms with van der Waals surface area (Å²) in [6.45, 7) is 3.49. The van der Waals surface area contributed by atoms with E-state index in [0.717, 1.165) is 0 Å². The van der Waals surface area contributed by atoms with Crippen molar-refractivity contribution < 1.29 is 19.4 Å². The van der Waals surface area contributed by atoms with Crippen molar-refractivity contribution in [3.05, 3.63) is 12.7 Å². The molecule has 1 N–H and O–H groups in total. The molecule has 0 aromatic rings. The molecule has 0 aliphatic rings. The largest absolute Gasteiger partial charge is 0.481 e. The summed E-state index contributed by atoms with van der Waals surface area (Å²) in [5.74, 6) is -1.65. The number of allylic oxidation sites excluding steroid dienone is 1. The van der Waals surface area contributed by atoms with Crippen molar-refractivity contribution in [2.75, 3.05) is 7.11 Å². The van der Waals surface area contributed by atoms with E-state index in [4.69, 9.17) is 5.11 Å². The molecule has 13 heavy (non-hydrogen) atoms. The van der Waals surface area contributed by atoms with Gasteiger partial charge in [0.05, 0.1) is 13.0 Å². The summed E-state index contributed by atoms with van der Waals surface area (Å²) in [6.07, 6.45) is 2.32. The molecule has 1 atom stereocenters. The van der Waals surface area contributed by atoms with Crippen LogP contribution >= 0.6 is 0 Å². The topological polar surface area (TPSA) is 63.6 Å². The average molecular weight is 186 g/mol. The highest BCUT2D eigenvalue weighted by molar-refractivity contribution is 5.74. The maximum atomic E-state index is 11.1. The molecule has 0 saturated heterocycles. The molecule has 0 amide bonds. The van der Waals surface area contributed by atoms with Gasteiger partial charge in [-0.05, 0) is 12.8 Å². The molecule has 0 aromatic heterocycles. The first-order valence-corrected chi connectivity index (χ1v) is 4.02. The van der Waals surface area contributed by atoms with E-state index in [1.54, 1.807) is 6.08 Å². The van der Waals surface area contributed by atoms with E-state index < -0.39 is 5.97 Å². The van der Waals surface area contributed by atoms with E-state index in [-0.39, 0.29) is 18.3 Å². The summed E-state index contributed by atoms with van der Waals surface area (Å²) in [7, 11) is 1.29. The predicted molar refractivity (Wildman–Crippen MR) is 47.2 cm³/mol. The summed E-state index contributed by atoms with van der Waals surface area (Å²) in [4.78, 5) is 21.3. The molecule has 0 saturated carbocycles. The van der Waals surface area contributed by atoms with Gasteiger partial charge in [-0.25, -0.2) is 0 Å². The Labute approximate surface area is 77.2 Å². The maximum Gasteiger partial charge on any atom is 0.308 e. The van der Waals surface area contributed by atoms with Crippen LogP contribution < -0.4 is 0 Å². The second kappa shape index (κ2) is 6.22. The third-order valence-electron chi connectivity index (χ3n) is 1.69. The molecule has 0 rings (SSSR count). The number of aliphatic carboxylic acids is 1. The minimum absolute atomic E-state index is 0.0202. The molecule has 0 bridgehead atoms. The SMILES string of the molecule is C=CCC(CCC(=O)O)C(=O)OC. The van der Waals surface area contributed by atoms with E-state index in [9.17, 15) is 9.59 Å². The standard InChI is InChI=1S/C9H14O4/c1-3-4-7(9(12)13-2)5-6-8(10)11/h3,7H,1,4-6H2,2H3,(H,10,11). The monoisotopic (exact) mass is 186 g/mol. The first kappa shape index (κ1) is 11.7. The number of rotatable bonds is 6. The summed E-state index contributed by atoms with van der Waals surface area (Å²) >= 11 is 0. The molecule has 0 spiro atoms. The van der Waals surface area contributed by atoms with Crippen molar-refractivity contribution in [1.82, 2.24) is 0 Å². The fraction of sp³-hybridized carbons (Fsp3) is 0.556. The van der Waals surface area contributed by atoms with Gasteiger partial charge >= 0.3 is 11.9 Å². The molecule has 0 fully saturated rings. The molecule has 0 radical (unpaired) electrons. The summed E-state index contributed by atoms with van der Waals surface area (Å²) in [5.41, 5.74) is 0. The van der Waals surface area contributed by atoms with Gasteiger partial charge in [-0.15, -0.1) is 6.58 Å². The fourth-order valence-corrected chi connectivity index (χ4v) is 0.997. The Morgan fingerprint density at radius 1 is 1.62 bits per heavy atom. The second-order valence-corrected chi connectivity index (χ2v) is 2.68. The lowest BCUT2D eigenvalue weighted by atomic mass is 10.00. The third-order valence-corrected chi connectivity index (χ3v) is 1.69. The Balaban J connectivity index is 4.00. The van der Waals surface area contributed by atoms with Crippen LogP contribution in [-0.2, 0) is 14.3 Å². The highest BCUT2D eigenvalue weighted by Crippen LogP contribution is 2.13. The fourth-order valence-electron chi connectivity index (χ4n) is 0.997. The first-order valence-electron chi connectivity index (χ1n) is 4.02. The lowest BCUT2D eigenvalue weighted by molar-refractivity contribution is -0.146. The van der Waals surface area contributed by atoms with Crippen LogP contribution in [0.15, 0.2) is 12.7 Å². The molecule has 0 aliphatic carbocycles. The molecule has 0 aliphatic heterocycles. The zero-order chi connectivity index (χ0) is 10.3. The Morgan fingerprint density at radius 2 is 2.23 bits per heavy atom. The molecular formula is C9H14O4. The highest BCUT2D eigenvalue weighted by Gasteiger charge is 2.18. The minimum atomic E-state index is -0.905. The van der Waals surface area contributed by atoms with Crippen molar-refractivity contribution in [1.29, 1.82) is 0 Å². The number of carboxylic acid groups (broad SMARTS) is 1. The molecular weight excluding hydrogens is 172 g/mol. The summed E-state index contributed by atoms with van der Waals surface area (Å²) in [5, 5.41) is 8.41. The Bertz CT molecular complexity index is 198. The Hall–Kier alpha value is -1.32. The van der Waals surface area contributed by atoms with Crippen LogP contribution in [0.25, 0.3) is 0 Å². The Morgan fingerprint density at radius 3 is 2.62 bits per heavy atom. The number of hydrogen-bond donors (Lipinski definition) is 1. The van der Waals surface area contributed by atoms with Gasteiger partial charge in [0.25, 0.3) is 0 Å². The van der Waals surface area contributed by atoms with Gasteiger partial charge < -0.3 is 9.84 Å². The number of carbonyl (C=O) groups excluding carboxylic acids is 1. The van der Waals surface area contributed by atoms with Gasteiger partial charge in [0.2, 0.25) is 0 Å². The van der Waals surface area contributed by atoms with Gasteiger partial charge in [-0.3, -0.25) is 9.59 Å². The van der Waals surface area contributed by atoms with Crippen LogP contribution in [0.3, 0.4) is 0 Å². The number of esters is 1. The highest BCUT2D eigenvalue weighted by atomic mass is 16.5. The molecule has 1 unspecified atom stereocenters. The van der Waals surface area contributed by atoms with E-state index in [2.05, 4.69) is 11.3 Å². The van der Waals surface area contributed by atoms with Crippen LogP contribution in [0.5, 0.6) is 0 Å². The van der Waals surface area contributed by atoms with Crippen LogP contribution in [-0.4, -0.2) is 24.2 Å². The molecule has 4 nitrogen and oxygen atoms in total. The number of carboxylic acids is 1. The van der Waals surface area contributed by atoms with Gasteiger partial charge in [0.1, 0.15) is 0 Å². The number of methoxy groups -OCH3 is 1. The zero-order valence-electron chi connectivity index (χ0n) is 7.66. The number of carbonyl (C=O) groups is 2. The lowest BCUT2D eigenvalue weighted by Gasteiger charge is -2.10. The van der Waals surface area contributed by atoms with E-state index in [0.29, 0.717) is 12.8 Å². The van der Waals surface area contributed by atoms with Gasteiger partial charge in [-0.1, -0.05) is 6.08 Å². The molecule has 0 heterocycles. The van der Waals surface area contributed by atoms with Crippen molar-refractivity contribution in [2.45, 2.75) is 19.3 Å². The average Bonchev–Trinajstić information content (AvgIpc) is 2.10. The van der Waals surface area contributed by atoms with E-state index in [1.165, 1.54) is 7.11 Å². The van der Waals surface area contributed by atoms with Gasteiger partial charge in [0.15, 0.2) is 0 Å². The quantitative estimate of drug-likeness (QED) is 0.500. The van der Waals surface area contributed by atoms with Crippen molar-refractivity contribution >= 4 is 11.9 Å². The van der Waals surface area contributed by atoms with Gasteiger partial charge in [0, 0.05) is 6.42 Å². The van der Waals surface area contributed by atoms with E-state index >= 15 is 0 Å². The van der Waals surface area contributed by atoms with Crippen LogP contribution in [0, 0.1) is 5.92 Å². The lowest BCUT2D eigenvalue weighted by Crippen LogP contribution is -2.16. The summed E-state index contributed by atoms with van der Waals surface area (Å²) < 4.78 is 4.52. The van der Waals surface area contributed by atoms with Crippen molar-refractivity contribution in [3.63, 3.8) is 0 Å². The second-order valence-electron chi connectivity index (χ2n) is 2.68. The molecule has 0 aromatic carbocycles. The van der Waals surface area contributed by atoms with Crippen LogP contribution in [0.1, 0.15) is 19.3 Å². The maximum absolute atomic E-state index is 11.1. The molecule has 74 valence electrons. The first-order chi connectivity index (χ1) is 6.11. The molecule has 4 heteroatoms. The van der Waals surface area contributed by atoms with E-state index in [1.807, 2.05) is 0 Å². The predicted octanol–water partition coefficient (Wildman–Crippen LogP) is 1.22. The Kier molecular flexibility index (Phi) is 5.59. The summed E-state index contributed by atoms with van der Waals surface area (Å²) in [6, 6.07) is 0. The van der Waals surface area contributed by atoms with Crippen LogP contribution in [0.2, 0.25) is 0 Å². The van der Waals surface area contributed by atoms with Crippen molar-refractivity contribution in [3.8, 4) is 0 Å². The minimum Gasteiger partial charge on any atom is -0.481 e. The van der Waals surface area contributed by atoms with Crippen molar-refractivity contribution in [2.24, 2.45) is 5.92 Å². The smallest absolute Gasteiger partial charge is 0.308 e. The zero-order valence-corrected chi connectivity index (χ0v) is 7.66. The number of ether oxygens (including phenoxy) is 1. The van der Waals surface area contributed by atoms with Crippen LogP contribution in [0.4, 0.5) is 0 Å². The third kappa shape index (κ3) is 5.00. The van der Waals surface area contributed by atoms with Gasteiger partial charge in [-0.2, -0.15) is 0 Å². The normalized spacial score (nSPS) is 11.8.